The van der Waals surface area contributed by atoms with Crippen LogP contribution >= 0.6 is 50.9 Å². The van der Waals surface area contributed by atoms with Crippen molar-refractivity contribution in [2.24, 2.45) is 0 Å². The summed E-state index contributed by atoms with van der Waals surface area (Å²) in [6.45, 7) is 0. The van der Waals surface area contributed by atoms with Crippen molar-refractivity contribution in [2.45, 2.75) is 5.16 Å². The van der Waals surface area contributed by atoms with Gasteiger partial charge >= 0.3 is 0 Å². The minimum atomic E-state index is 0.0104. The van der Waals surface area contributed by atoms with E-state index >= 15 is 0 Å². The number of Topliss-reactive ketones (excluding diaryl/α,β-unsaturated/α-hetero) is 1. The summed E-state index contributed by atoms with van der Waals surface area (Å²) in [5.74, 6) is 0.881. The highest BCUT2D eigenvalue weighted by Gasteiger charge is 2.18. The number of carbonyl (C=O) groups excluding carboxylic acids is 1. The van der Waals surface area contributed by atoms with E-state index in [0.717, 1.165) is 15.7 Å². The Morgan fingerprint density at radius 3 is 2.43 bits per heavy atom. The Kier molecular flexibility index (Phi) is 6.58. The lowest BCUT2D eigenvalue weighted by molar-refractivity contribution is 0.102. The first kappa shape index (κ1) is 21.1. The fraction of sp³-hybridized carbons (Fsp3) is 0.0455. The molecule has 0 atom stereocenters. The lowest BCUT2D eigenvalue weighted by atomic mass is 10.2. The maximum Gasteiger partial charge on any atom is 0.196 e. The van der Waals surface area contributed by atoms with Crippen molar-refractivity contribution in [3.63, 3.8) is 0 Å². The minimum absolute atomic E-state index is 0.0104. The molecule has 4 rings (SSSR count). The molecular formula is C22H14BrCl2N3OS. The van der Waals surface area contributed by atoms with Gasteiger partial charge in [-0.2, -0.15) is 0 Å². The van der Waals surface area contributed by atoms with Crippen molar-refractivity contribution in [2.75, 3.05) is 5.75 Å². The molecule has 150 valence electrons. The van der Waals surface area contributed by atoms with Gasteiger partial charge in [0, 0.05) is 31.3 Å². The molecule has 0 amide bonds. The van der Waals surface area contributed by atoms with E-state index in [9.17, 15) is 4.79 Å². The van der Waals surface area contributed by atoms with E-state index in [1.165, 1.54) is 11.8 Å². The van der Waals surface area contributed by atoms with Crippen molar-refractivity contribution in [3.8, 4) is 17.1 Å². The van der Waals surface area contributed by atoms with Gasteiger partial charge < -0.3 is 0 Å². The number of benzene rings is 3. The Morgan fingerprint density at radius 1 is 0.933 bits per heavy atom. The number of hydrogen-bond acceptors (Lipinski definition) is 4. The van der Waals surface area contributed by atoms with Crippen LogP contribution in [0.1, 0.15) is 10.4 Å². The molecule has 0 aliphatic rings. The van der Waals surface area contributed by atoms with Crippen molar-refractivity contribution in [1.82, 2.24) is 14.8 Å². The van der Waals surface area contributed by atoms with Crippen LogP contribution in [0.4, 0.5) is 0 Å². The van der Waals surface area contributed by atoms with Crippen LogP contribution in [-0.4, -0.2) is 26.3 Å². The fourth-order valence-electron chi connectivity index (χ4n) is 2.88. The van der Waals surface area contributed by atoms with E-state index in [-0.39, 0.29) is 11.5 Å². The second kappa shape index (κ2) is 9.35. The second-order valence-electron chi connectivity index (χ2n) is 6.35. The molecule has 4 aromatic rings. The summed E-state index contributed by atoms with van der Waals surface area (Å²) >= 11 is 17.0. The van der Waals surface area contributed by atoms with Crippen molar-refractivity contribution < 1.29 is 4.79 Å². The van der Waals surface area contributed by atoms with Crippen LogP contribution in [0.3, 0.4) is 0 Å². The lowest BCUT2D eigenvalue weighted by Crippen LogP contribution is -2.05. The summed E-state index contributed by atoms with van der Waals surface area (Å²) in [5.41, 5.74) is 2.32. The predicted octanol–water partition coefficient (Wildman–Crippen LogP) is 6.98. The van der Waals surface area contributed by atoms with Gasteiger partial charge in [-0.05, 0) is 48.5 Å². The fourth-order valence-corrected chi connectivity index (χ4v) is 4.44. The second-order valence-corrected chi connectivity index (χ2v) is 9.08. The van der Waals surface area contributed by atoms with Gasteiger partial charge in [-0.25, -0.2) is 0 Å². The van der Waals surface area contributed by atoms with E-state index in [1.54, 1.807) is 24.3 Å². The molecule has 3 aromatic carbocycles. The van der Waals surface area contributed by atoms with Gasteiger partial charge in [0.15, 0.2) is 16.8 Å². The lowest BCUT2D eigenvalue weighted by Gasteiger charge is -2.11. The van der Waals surface area contributed by atoms with E-state index in [0.29, 0.717) is 26.6 Å². The SMILES string of the molecule is O=C(CSc1nnc(-c2cccc(Cl)c2)n1-c1ccc(Cl)cc1)c1cccc(Br)c1. The van der Waals surface area contributed by atoms with Crippen LogP contribution in [0.2, 0.25) is 10.0 Å². The standard InChI is InChI=1S/C22H14BrCl2N3OS/c23-16-5-1-3-14(11-16)20(29)13-30-22-27-26-21(15-4-2-6-18(25)12-15)28(22)19-9-7-17(24)8-10-19/h1-12H,13H2. The predicted molar refractivity (Wildman–Crippen MR) is 126 cm³/mol. The van der Waals surface area contributed by atoms with Crippen LogP contribution in [0.15, 0.2) is 82.4 Å². The molecule has 0 bridgehead atoms. The summed E-state index contributed by atoms with van der Waals surface area (Å²) in [5, 5.41) is 10.6. The van der Waals surface area contributed by atoms with Gasteiger partial charge in [-0.1, -0.05) is 75.2 Å². The summed E-state index contributed by atoms with van der Waals surface area (Å²) in [7, 11) is 0. The van der Waals surface area contributed by atoms with E-state index < -0.39 is 0 Å². The average molecular weight is 519 g/mol. The molecule has 1 aromatic heterocycles. The zero-order valence-electron chi connectivity index (χ0n) is 15.4. The molecule has 1 heterocycles. The third-order valence-corrected chi connectivity index (χ3v) is 6.19. The molecule has 0 saturated carbocycles. The van der Waals surface area contributed by atoms with Gasteiger partial charge in [0.2, 0.25) is 0 Å². The summed E-state index contributed by atoms with van der Waals surface area (Å²) < 4.78 is 2.77. The highest BCUT2D eigenvalue weighted by atomic mass is 79.9. The van der Waals surface area contributed by atoms with Crippen LogP contribution in [-0.2, 0) is 0 Å². The number of carbonyl (C=O) groups is 1. The molecule has 0 radical (unpaired) electrons. The number of thioether (sulfide) groups is 1. The first-order valence-electron chi connectivity index (χ1n) is 8.90. The number of halogens is 3. The van der Waals surface area contributed by atoms with Crippen molar-refractivity contribution >= 4 is 56.7 Å². The zero-order chi connectivity index (χ0) is 21.1. The first-order valence-corrected chi connectivity index (χ1v) is 11.4. The van der Waals surface area contributed by atoms with Crippen LogP contribution in [0, 0.1) is 0 Å². The Labute approximate surface area is 196 Å². The quantitative estimate of drug-likeness (QED) is 0.204. The molecule has 0 unspecified atom stereocenters. The molecular weight excluding hydrogens is 505 g/mol. The molecule has 4 nitrogen and oxygen atoms in total. The molecule has 0 aliphatic heterocycles. The molecule has 0 saturated heterocycles. The first-order chi connectivity index (χ1) is 14.5. The number of rotatable bonds is 6. The maximum atomic E-state index is 12.7. The number of aromatic nitrogens is 3. The number of nitrogens with zero attached hydrogens (tertiary/aromatic N) is 3. The number of ketones is 1. The van der Waals surface area contributed by atoms with Gasteiger partial charge in [0.25, 0.3) is 0 Å². The van der Waals surface area contributed by atoms with Crippen LogP contribution in [0.5, 0.6) is 0 Å². The van der Waals surface area contributed by atoms with Gasteiger partial charge in [0.05, 0.1) is 5.75 Å². The molecule has 8 heteroatoms. The van der Waals surface area contributed by atoms with Crippen LogP contribution < -0.4 is 0 Å². The Bertz CT molecular complexity index is 1210. The topological polar surface area (TPSA) is 47.8 Å². The largest absolute Gasteiger partial charge is 0.293 e. The molecule has 0 spiro atoms. The van der Waals surface area contributed by atoms with E-state index in [2.05, 4.69) is 26.1 Å². The van der Waals surface area contributed by atoms with Crippen LogP contribution in [0.25, 0.3) is 17.1 Å². The zero-order valence-corrected chi connectivity index (χ0v) is 19.3. The third-order valence-electron chi connectivity index (χ3n) is 4.28. The summed E-state index contributed by atoms with van der Waals surface area (Å²) in [6.07, 6.45) is 0. The summed E-state index contributed by atoms with van der Waals surface area (Å²) in [6, 6.07) is 22.2. The molecule has 0 aliphatic carbocycles. The monoisotopic (exact) mass is 517 g/mol. The summed E-state index contributed by atoms with van der Waals surface area (Å²) in [4.78, 5) is 12.7. The molecule has 30 heavy (non-hydrogen) atoms. The average Bonchev–Trinajstić information content (AvgIpc) is 3.16. The van der Waals surface area contributed by atoms with E-state index in [4.69, 9.17) is 23.2 Å². The molecule has 0 fully saturated rings. The Balaban J connectivity index is 1.69. The minimum Gasteiger partial charge on any atom is -0.293 e. The highest BCUT2D eigenvalue weighted by molar-refractivity contribution is 9.10. The number of hydrogen-bond donors (Lipinski definition) is 0. The van der Waals surface area contributed by atoms with Gasteiger partial charge in [-0.3, -0.25) is 9.36 Å². The van der Waals surface area contributed by atoms with Gasteiger partial charge in [0.1, 0.15) is 0 Å². The Morgan fingerprint density at radius 2 is 1.70 bits per heavy atom. The van der Waals surface area contributed by atoms with Crippen molar-refractivity contribution in [3.05, 3.63) is 92.9 Å². The van der Waals surface area contributed by atoms with Gasteiger partial charge in [-0.15, -0.1) is 10.2 Å². The normalized spacial score (nSPS) is 10.9. The third kappa shape index (κ3) is 4.78. The van der Waals surface area contributed by atoms with Crippen molar-refractivity contribution in [1.29, 1.82) is 0 Å². The maximum absolute atomic E-state index is 12.7. The van der Waals surface area contributed by atoms with E-state index in [1.807, 2.05) is 53.1 Å². The smallest absolute Gasteiger partial charge is 0.196 e. The Hall–Kier alpha value is -2.12. The highest BCUT2D eigenvalue weighted by Crippen LogP contribution is 2.30. The molecule has 0 N–H and O–H groups in total.